The van der Waals surface area contributed by atoms with Crippen LogP contribution in [0.5, 0.6) is 0 Å². The van der Waals surface area contributed by atoms with Crippen LogP contribution in [0.2, 0.25) is 0 Å². The van der Waals surface area contributed by atoms with Gasteiger partial charge in [0, 0.05) is 30.8 Å². The van der Waals surface area contributed by atoms with E-state index in [0.29, 0.717) is 42.2 Å². The van der Waals surface area contributed by atoms with Gasteiger partial charge in [-0.2, -0.15) is 0 Å². The molecule has 5 saturated carbocycles. The van der Waals surface area contributed by atoms with E-state index in [1.165, 1.54) is 0 Å². The minimum atomic E-state index is -0.277. The average molecular weight is 457 g/mol. The number of aliphatic hydroxyl groups excluding tert-OH is 1. The van der Waals surface area contributed by atoms with Gasteiger partial charge < -0.3 is 5.11 Å². The molecule has 186 valence electrons. The first-order valence-corrected chi connectivity index (χ1v) is 13.8. The van der Waals surface area contributed by atoms with Crippen LogP contribution in [-0.4, -0.2) is 23.3 Å². The quantitative estimate of drug-likeness (QED) is 0.483. The summed E-state index contributed by atoms with van der Waals surface area (Å²) in [6, 6.07) is 0. The summed E-state index contributed by atoms with van der Waals surface area (Å²) >= 11 is 0. The molecule has 0 bridgehead atoms. The number of ketones is 2. The second kappa shape index (κ2) is 6.95. The molecule has 1 N–H and O–H groups in total. The molecule has 0 aromatic carbocycles. The molecule has 5 fully saturated rings. The third-order valence-electron chi connectivity index (χ3n) is 13.3. The van der Waals surface area contributed by atoms with E-state index in [9.17, 15) is 14.7 Å². The molecule has 0 aromatic heterocycles. The Morgan fingerprint density at radius 1 is 0.818 bits per heavy atom. The van der Waals surface area contributed by atoms with E-state index >= 15 is 0 Å². The molecule has 3 nitrogen and oxygen atoms in total. The number of aliphatic hydroxyl groups is 1. The molecular weight excluding hydrogens is 408 g/mol. The van der Waals surface area contributed by atoms with Gasteiger partial charge in [0.05, 0.1) is 0 Å². The minimum Gasteiger partial charge on any atom is -0.396 e. The van der Waals surface area contributed by atoms with Gasteiger partial charge >= 0.3 is 0 Å². The summed E-state index contributed by atoms with van der Waals surface area (Å²) in [5.41, 5.74) is 0.0856. The first-order valence-electron chi connectivity index (χ1n) is 13.8. The summed E-state index contributed by atoms with van der Waals surface area (Å²) in [5.74, 6) is 2.04. The highest BCUT2D eigenvalue weighted by Gasteiger charge is 2.72. The SMILES string of the molecule is CC1(C)CC[C@]2(CO)CC[C@]3(C)C(C(=O)C[C@@H]4[C@@]5(C)CCC(=O)C(C)(C)[C@@H]5CC[C@]43C)C2C1. The maximum absolute atomic E-state index is 14.2. The van der Waals surface area contributed by atoms with Gasteiger partial charge in [-0.25, -0.2) is 0 Å². The van der Waals surface area contributed by atoms with Gasteiger partial charge in [0.15, 0.2) is 0 Å². The van der Waals surface area contributed by atoms with Crippen molar-refractivity contribution in [2.75, 3.05) is 6.61 Å². The molecule has 8 atom stereocenters. The monoisotopic (exact) mass is 456 g/mol. The Labute approximate surface area is 201 Å². The predicted molar refractivity (Wildman–Crippen MR) is 132 cm³/mol. The van der Waals surface area contributed by atoms with Gasteiger partial charge in [0.25, 0.3) is 0 Å². The van der Waals surface area contributed by atoms with E-state index in [1.54, 1.807) is 0 Å². The van der Waals surface area contributed by atoms with Gasteiger partial charge in [0.1, 0.15) is 11.6 Å². The standard InChI is InChI=1S/C30H48O3/c1-25(2)12-14-30(18-31)15-13-29(7)24(19(30)17-25)20(32)16-22-27(5)10-9-23(33)26(3,4)21(27)8-11-28(22,29)6/h19,21-22,24,31H,8-18H2,1-7H3/t19?,21-,22+,24?,27-,28+,29+,30+/m0/s1. The Morgan fingerprint density at radius 3 is 2.15 bits per heavy atom. The third kappa shape index (κ3) is 2.90. The fourth-order valence-electron chi connectivity index (χ4n) is 10.9. The van der Waals surface area contributed by atoms with Gasteiger partial charge in [0.2, 0.25) is 0 Å². The van der Waals surface area contributed by atoms with Crippen molar-refractivity contribution in [3.63, 3.8) is 0 Å². The second-order valence-corrected chi connectivity index (χ2v) is 15.3. The maximum atomic E-state index is 14.2. The average Bonchev–Trinajstić information content (AvgIpc) is 2.72. The summed E-state index contributed by atoms with van der Waals surface area (Å²) in [5, 5.41) is 10.6. The van der Waals surface area contributed by atoms with Gasteiger partial charge in [-0.15, -0.1) is 0 Å². The van der Waals surface area contributed by atoms with Gasteiger partial charge in [-0.05, 0) is 96.2 Å². The maximum Gasteiger partial charge on any atom is 0.138 e. The highest BCUT2D eigenvalue weighted by atomic mass is 16.3. The molecular formula is C30H48O3. The van der Waals surface area contributed by atoms with Crippen LogP contribution in [0.3, 0.4) is 0 Å². The van der Waals surface area contributed by atoms with Crippen LogP contribution >= 0.6 is 0 Å². The molecule has 5 aliphatic carbocycles. The van der Waals surface area contributed by atoms with Crippen molar-refractivity contribution in [3.05, 3.63) is 0 Å². The summed E-state index contributed by atoms with van der Waals surface area (Å²) in [4.78, 5) is 27.2. The summed E-state index contributed by atoms with van der Waals surface area (Å²) in [6.45, 7) is 16.8. The van der Waals surface area contributed by atoms with Crippen molar-refractivity contribution in [1.29, 1.82) is 0 Å². The number of fused-ring (bicyclic) bond motifs is 7. The number of hydrogen-bond acceptors (Lipinski definition) is 3. The largest absolute Gasteiger partial charge is 0.396 e. The fourth-order valence-corrected chi connectivity index (χ4v) is 10.9. The number of carbonyl (C=O) groups excluding carboxylic acids is 2. The lowest BCUT2D eigenvalue weighted by atomic mass is 9.31. The Hall–Kier alpha value is -0.700. The zero-order valence-corrected chi connectivity index (χ0v) is 22.4. The van der Waals surface area contributed by atoms with Crippen LogP contribution in [0.1, 0.15) is 113 Å². The highest BCUT2D eigenvalue weighted by Crippen LogP contribution is 2.76. The number of rotatable bonds is 1. The van der Waals surface area contributed by atoms with Crippen LogP contribution in [0.15, 0.2) is 0 Å². The van der Waals surface area contributed by atoms with Crippen molar-refractivity contribution in [2.24, 2.45) is 56.2 Å². The molecule has 3 heteroatoms. The Bertz CT molecular complexity index is 872. The van der Waals surface area contributed by atoms with Crippen LogP contribution in [0, 0.1) is 56.2 Å². The van der Waals surface area contributed by atoms with E-state index < -0.39 is 0 Å². The van der Waals surface area contributed by atoms with Crippen molar-refractivity contribution in [3.8, 4) is 0 Å². The minimum absolute atomic E-state index is 0.0106. The Balaban J connectivity index is 1.58. The van der Waals surface area contributed by atoms with E-state index in [0.717, 1.165) is 51.4 Å². The molecule has 33 heavy (non-hydrogen) atoms. The lowest BCUT2D eigenvalue weighted by Gasteiger charge is -2.72. The molecule has 2 unspecified atom stereocenters. The van der Waals surface area contributed by atoms with Crippen LogP contribution in [-0.2, 0) is 9.59 Å². The molecule has 5 rings (SSSR count). The first-order chi connectivity index (χ1) is 15.2. The van der Waals surface area contributed by atoms with Crippen LogP contribution in [0.4, 0.5) is 0 Å². The summed E-state index contributed by atoms with van der Waals surface area (Å²) < 4.78 is 0. The van der Waals surface area contributed by atoms with E-state index in [1.807, 2.05) is 0 Å². The molecule has 0 amide bonds. The first kappa shape index (κ1) is 24.0. The zero-order chi connectivity index (χ0) is 24.2. The van der Waals surface area contributed by atoms with Crippen LogP contribution in [0.25, 0.3) is 0 Å². The topological polar surface area (TPSA) is 54.4 Å². The molecule has 0 aromatic rings. The molecule has 0 saturated heterocycles. The Morgan fingerprint density at radius 2 is 1.48 bits per heavy atom. The lowest BCUT2D eigenvalue weighted by Crippen LogP contribution is -2.69. The normalized spacial score (nSPS) is 52.8. The smallest absolute Gasteiger partial charge is 0.138 e. The third-order valence-corrected chi connectivity index (χ3v) is 13.3. The predicted octanol–water partition coefficient (Wildman–Crippen LogP) is 6.61. The molecule has 0 radical (unpaired) electrons. The highest BCUT2D eigenvalue weighted by molar-refractivity contribution is 5.86. The second-order valence-electron chi connectivity index (χ2n) is 15.3. The number of hydrogen-bond donors (Lipinski definition) is 1. The van der Waals surface area contributed by atoms with Gasteiger partial charge in [-0.1, -0.05) is 48.5 Å². The van der Waals surface area contributed by atoms with Crippen molar-refractivity contribution in [1.82, 2.24) is 0 Å². The molecule has 5 aliphatic rings. The van der Waals surface area contributed by atoms with E-state index in [4.69, 9.17) is 0 Å². The van der Waals surface area contributed by atoms with E-state index in [-0.39, 0.29) is 45.0 Å². The zero-order valence-electron chi connectivity index (χ0n) is 22.4. The van der Waals surface area contributed by atoms with E-state index in [2.05, 4.69) is 48.5 Å². The summed E-state index contributed by atoms with van der Waals surface area (Å²) in [7, 11) is 0. The summed E-state index contributed by atoms with van der Waals surface area (Å²) in [6.07, 6.45) is 9.98. The molecule has 0 heterocycles. The van der Waals surface area contributed by atoms with Crippen molar-refractivity contribution >= 4 is 11.6 Å². The fraction of sp³-hybridized carbons (Fsp3) is 0.933. The van der Waals surface area contributed by atoms with Crippen molar-refractivity contribution in [2.45, 2.75) is 113 Å². The van der Waals surface area contributed by atoms with Crippen LogP contribution < -0.4 is 0 Å². The van der Waals surface area contributed by atoms with Gasteiger partial charge in [-0.3, -0.25) is 9.59 Å². The van der Waals surface area contributed by atoms with Crippen molar-refractivity contribution < 1.29 is 14.7 Å². The molecule has 0 spiro atoms. The number of carbonyl (C=O) groups is 2. The number of Topliss-reactive ketones (excluding diaryl/α,β-unsaturated/α-hetero) is 2. The molecule has 0 aliphatic heterocycles. The lowest BCUT2D eigenvalue weighted by molar-refractivity contribution is -0.237. The Kier molecular flexibility index (Phi) is 5.06.